The van der Waals surface area contributed by atoms with Crippen LogP contribution in [-0.2, 0) is 15.7 Å². The molecule has 3 aromatic carbocycles. The fourth-order valence-corrected chi connectivity index (χ4v) is 12.7. The van der Waals surface area contributed by atoms with Crippen LogP contribution in [0.15, 0.2) is 78.0 Å². The van der Waals surface area contributed by atoms with E-state index in [2.05, 4.69) is 69.6 Å². The van der Waals surface area contributed by atoms with E-state index in [4.69, 9.17) is 9.47 Å². The molecule has 15 nitrogen and oxygen atoms in total. The van der Waals surface area contributed by atoms with Gasteiger partial charge in [0.15, 0.2) is 11.4 Å². The number of ether oxygens (including phenoxy) is 2. The number of nitro groups is 1. The average Bonchev–Trinajstić information content (AvgIpc) is 3.88. The van der Waals surface area contributed by atoms with Crippen molar-refractivity contribution in [3.8, 4) is 17.2 Å². The summed E-state index contributed by atoms with van der Waals surface area (Å²) in [5.41, 5.74) is 2.14. The van der Waals surface area contributed by atoms with Crippen LogP contribution in [0.5, 0.6) is 17.2 Å². The fourth-order valence-electron chi connectivity index (χ4n) is 11.7. The van der Waals surface area contributed by atoms with Gasteiger partial charge in [0.05, 0.1) is 33.0 Å². The van der Waals surface area contributed by atoms with Crippen molar-refractivity contribution in [2.45, 2.75) is 121 Å². The summed E-state index contributed by atoms with van der Waals surface area (Å²) in [5, 5.41) is 28.1. The molecule has 0 radical (unpaired) electrons. The van der Waals surface area contributed by atoms with Gasteiger partial charge in [0, 0.05) is 61.3 Å². The number of aliphatic hydroxyl groups is 1. The van der Waals surface area contributed by atoms with Crippen LogP contribution in [0.4, 0.5) is 21.5 Å². The first-order chi connectivity index (χ1) is 32.4. The van der Waals surface area contributed by atoms with Gasteiger partial charge in [0.25, 0.3) is 21.6 Å². The Kier molecular flexibility index (Phi) is 11.7. The quantitative estimate of drug-likeness (QED) is 0.0725. The lowest BCUT2D eigenvalue weighted by atomic mass is 9.59. The molecule has 2 atom stereocenters. The third kappa shape index (κ3) is 8.54. The largest absolute Gasteiger partial charge is 0.489 e. The Balaban J connectivity index is 0.867. The van der Waals surface area contributed by atoms with Crippen molar-refractivity contribution < 1.29 is 37.1 Å². The zero-order valence-corrected chi connectivity index (χ0v) is 39.8. The molecular formula is C51H60FN7O8S. The van der Waals surface area contributed by atoms with E-state index in [0.29, 0.717) is 18.0 Å². The third-order valence-electron chi connectivity index (χ3n) is 15.8. The Labute approximate surface area is 396 Å². The van der Waals surface area contributed by atoms with E-state index < -0.39 is 43.0 Å². The number of aromatic nitrogens is 2. The van der Waals surface area contributed by atoms with Crippen molar-refractivity contribution >= 4 is 44.0 Å². The highest BCUT2D eigenvalue weighted by atomic mass is 32.2. The number of nitrogens with zero attached hydrogens (tertiary/aromatic N) is 4. The number of H-pyrrole nitrogens is 1. The van der Waals surface area contributed by atoms with E-state index in [1.54, 1.807) is 12.1 Å². The van der Waals surface area contributed by atoms with E-state index in [1.165, 1.54) is 36.2 Å². The number of piperidine rings is 1. The van der Waals surface area contributed by atoms with Crippen LogP contribution in [0.3, 0.4) is 0 Å². The SMILES string of the molecule is CC(C)c1ccccc1C1(O)CCCN1C1CC2(CCN(c3ccc(C(=O)NS(=O)(=O)c4cc5c(c([N+](=O)[O-])c4)N[C@@H](C4CCC(C)(C)CC4)CO5)c(Oc4cnc5[nH]cc(F)c5c4)c3)CC2)C1. The van der Waals surface area contributed by atoms with Gasteiger partial charge in [-0.15, -0.1) is 0 Å². The summed E-state index contributed by atoms with van der Waals surface area (Å²) in [7, 11) is -4.70. The average molecular weight is 950 g/mol. The molecule has 2 saturated heterocycles. The summed E-state index contributed by atoms with van der Waals surface area (Å²) in [4.78, 5) is 37.0. The predicted octanol–water partition coefficient (Wildman–Crippen LogP) is 9.72. The first kappa shape index (κ1) is 46.0. The molecule has 4 N–H and O–H groups in total. The molecule has 2 saturated carbocycles. The lowest BCUT2D eigenvalue weighted by Gasteiger charge is -2.57. The van der Waals surface area contributed by atoms with E-state index in [0.717, 1.165) is 94.7 Å². The number of pyridine rings is 1. The molecule has 5 heterocycles. The maximum absolute atomic E-state index is 14.7. The van der Waals surface area contributed by atoms with Crippen LogP contribution < -0.4 is 24.4 Å². The Morgan fingerprint density at radius 1 is 1.03 bits per heavy atom. The van der Waals surface area contributed by atoms with Gasteiger partial charge in [-0.3, -0.25) is 19.8 Å². The zero-order valence-electron chi connectivity index (χ0n) is 39.0. The summed E-state index contributed by atoms with van der Waals surface area (Å²) < 4.78 is 57.0. The third-order valence-corrected chi connectivity index (χ3v) is 17.1. The maximum Gasteiger partial charge on any atom is 0.297 e. The standard InChI is InChI=1S/C51H60FN7O8S/c1-31(2)37-8-5-6-9-40(37)51(61)14-7-19-58(51)34-26-50(27-34)17-20-57(21-18-50)33-10-11-38(44(22-33)67-35-23-39-41(52)29-54-47(39)53-28-35)48(60)56-68(64,65)36-24-43(59(62)63)46-45(25-36)66-30-42(55-46)32-12-15-49(3,4)16-13-32/h5-6,8-11,22-25,28-29,31-32,34,42,55,61H,7,12-21,26-27,30H2,1-4H3,(H,53,54)(H,56,60)/t42-,51?/m1/s1. The van der Waals surface area contributed by atoms with E-state index in [1.807, 2.05) is 12.1 Å². The molecule has 1 unspecified atom stereocenters. The van der Waals surface area contributed by atoms with Gasteiger partial charge in [-0.1, -0.05) is 52.0 Å². The molecule has 4 fully saturated rings. The number of rotatable bonds is 11. The molecule has 1 amide bonds. The lowest BCUT2D eigenvalue weighted by molar-refractivity contribution is -0.384. The number of aromatic amines is 1. The van der Waals surface area contributed by atoms with Gasteiger partial charge in [-0.25, -0.2) is 22.5 Å². The van der Waals surface area contributed by atoms with E-state index >= 15 is 0 Å². The molecule has 17 heteroatoms. The van der Waals surface area contributed by atoms with E-state index in [-0.39, 0.29) is 69.3 Å². The van der Waals surface area contributed by atoms with Crippen molar-refractivity contribution in [2.75, 3.05) is 36.5 Å². The number of carbonyl (C=O) groups is 1. The van der Waals surface area contributed by atoms with Crippen LogP contribution in [-0.4, -0.2) is 77.5 Å². The van der Waals surface area contributed by atoms with Gasteiger partial charge in [0.1, 0.15) is 35.3 Å². The number of sulfonamides is 1. The Hall–Kier alpha value is -5.78. The summed E-state index contributed by atoms with van der Waals surface area (Å²) in [6.45, 7) is 11.3. The number of carbonyl (C=O) groups excluding carboxylic acids is 1. The van der Waals surface area contributed by atoms with Gasteiger partial charge >= 0.3 is 0 Å². The molecule has 2 aromatic heterocycles. The molecule has 360 valence electrons. The summed E-state index contributed by atoms with van der Waals surface area (Å²) in [6, 6.07) is 16.9. The first-order valence-electron chi connectivity index (χ1n) is 24.0. The van der Waals surface area contributed by atoms with Crippen LogP contribution in [0.1, 0.15) is 119 Å². The second kappa shape index (κ2) is 17.3. The second-order valence-electron chi connectivity index (χ2n) is 21.0. The number of fused-ring (bicyclic) bond motifs is 2. The van der Waals surface area contributed by atoms with Crippen molar-refractivity contribution in [2.24, 2.45) is 16.7 Å². The number of anilines is 2. The molecule has 5 aromatic rings. The number of amides is 1. The number of hydrogen-bond acceptors (Lipinski definition) is 12. The van der Waals surface area contributed by atoms with Crippen LogP contribution >= 0.6 is 0 Å². The van der Waals surface area contributed by atoms with Crippen LogP contribution in [0, 0.1) is 32.7 Å². The zero-order chi connectivity index (χ0) is 47.8. The van der Waals surface area contributed by atoms with E-state index in [9.17, 15) is 32.8 Å². The monoisotopic (exact) mass is 949 g/mol. The Morgan fingerprint density at radius 3 is 2.51 bits per heavy atom. The molecule has 3 aliphatic heterocycles. The minimum absolute atomic E-state index is 0.00684. The number of benzene rings is 3. The summed E-state index contributed by atoms with van der Waals surface area (Å²) in [5.74, 6) is -0.906. The van der Waals surface area contributed by atoms with Gasteiger partial charge in [0.2, 0.25) is 0 Å². The maximum atomic E-state index is 14.7. The number of nitrogens with one attached hydrogen (secondary N) is 3. The van der Waals surface area contributed by atoms with Crippen molar-refractivity contribution in [1.82, 2.24) is 19.6 Å². The van der Waals surface area contributed by atoms with Crippen LogP contribution in [0.25, 0.3) is 11.0 Å². The van der Waals surface area contributed by atoms with Gasteiger partial charge < -0.3 is 29.8 Å². The number of halogens is 1. The molecule has 2 aliphatic carbocycles. The molecule has 5 aliphatic rings. The second-order valence-corrected chi connectivity index (χ2v) is 22.6. The van der Waals surface area contributed by atoms with Crippen molar-refractivity contribution in [3.63, 3.8) is 0 Å². The Morgan fingerprint density at radius 2 is 1.78 bits per heavy atom. The molecule has 1 spiro atoms. The predicted molar refractivity (Wildman–Crippen MR) is 256 cm³/mol. The number of nitro benzene ring substituents is 1. The smallest absolute Gasteiger partial charge is 0.297 e. The minimum atomic E-state index is -4.70. The molecule has 68 heavy (non-hydrogen) atoms. The molecule has 0 bridgehead atoms. The number of likely N-dealkylation sites (tertiary alicyclic amines) is 1. The Bertz CT molecular complexity index is 2880. The molecule has 10 rings (SSSR count). The first-order valence-corrected chi connectivity index (χ1v) is 25.5. The van der Waals surface area contributed by atoms with Crippen LogP contribution in [0.2, 0.25) is 0 Å². The minimum Gasteiger partial charge on any atom is -0.489 e. The van der Waals surface area contributed by atoms with Gasteiger partial charge in [-0.05, 0) is 111 Å². The van der Waals surface area contributed by atoms with Crippen molar-refractivity contribution in [3.05, 3.63) is 106 Å². The lowest BCUT2D eigenvalue weighted by Crippen LogP contribution is -2.58. The van der Waals surface area contributed by atoms with Crippen molar-refractivity contribution in [1.29, 1.82) is 0 Å². The highest BCUT2D eigenvalue weighted by Gasteiger charge is 2.54. The topological polar surface area (TPSA) is 192 Å². The molecular weight excluding hydrogens is 890 g/mol. The fraction of sp³-hybridized carbons (Fsp3) is 0.490. The number of hydrogen-bond donors (Lipinski definition) is 4. The van der Waals surface area contributed by atoms with Gasteiger partial charge in [-0.2, -0.15) is 0 Å². The highest BCUT2D eigenvalue weighted by molar-refractivity contribution is 7.90. The summed E-state index contributed by atoms with van der Waals surface area (Å²) >= 11 is 0. The highest BCUT2D eigenvalue weighted by Crippen LogP contribution is 2.55. The summed E-state index contributed by atoms with van der Waals surface area (Å²) in [6.07, 6.45) is 12.0. The normalized spacial score (nSPS) is 22.9.